The lowest BCUT2D eigenvalue weighted by atomic mass is 10.1. The van der Waals surface area contributed by atoms with Gasteiger partial charge in [0, 0.05) is 28.6 Å². The van der Waals surface area contributed by atoms with Crippen molar-refractivity contribution in [2.45, 2.75) is 71.2 Å². The number of aliphatic carboxylic acids is 1. The second-order valence-electron chi connectivity index (χ2n) is 9.70. The molecule has 38 heavy (non-hydrogen) atoms. The second kappa shape index (κ2) is 12.7. The number of ether oxygens (including phenoxy) is 2. The molecule has 1 fully saturated rings. The van der Waals surface area contributed by atoms with Gasteiger partial charge in [-0.05, 0) is 63.8 Å². The van der Waals surface area contributed by atoms with Gasteiger partial charge in [-0.15, -0.1) is 11.3 Å². The number of carbonyl (C=O) groups excluding carboxylic acids is 1. The summed E-state index contributed by atoms with van der Waals surface area (Å²) >= 11 is 7.57. The van der Waals surface area contributed by atoms with Crippen molar-refractivity contribution < 1.29 is 24.2 Å². The molecule has 5 rings (SSSR count). The smallest absolute Gasteiger partial charge is 0.332 e. The molecule has 7 nitrogen and oxygen atoms in total. The van der Waals surface area contributed by atoms with Crippen LogP contribution in [0, 0.1) is 17.4 Å². The second-order valence-corrected chi connectivity index (χ2v) is 11.3. The number of amides is 1. The van der Waals surface area contributed by atoms with E-state index in [1.165, 1.54) is 47.5 Å². The van der Waals surface area contributed by atoms with Crippen molar-refractivity contribution in [3.63, 3.8) is 0 Å². The molecule has 0 saturated heterocycles. The number of rotatable bonds is 10. The van der Waals surface area contributed by atoms with E-state index in [2.05, 4.69) is 28.5 Å². The molecule has 0 aliphatic heterocycles. The van der Waals surface area contributed by atoms with Gasteiger partial charge in [0.2, 0.25) is 0 Å². The minimum atomic E-state index is -1.04. The van der Waals surface area contributed by atoms with Crippen LogP contribution in [0.5, 0.6) is 5.75 Å². The van der Waals surface area contributed by atoms with Crippen molar-refractivity contribution >= 4 is 34.8 Å². The topological polar surface area (TPSA) is 97.8 Å². The maximum Gasteiger partial charge on any atom is 0.332 e. The van der Waals surface area contributed by atoms with Gasteiger partial charge in [0.25, 0.3) is 5.91 Å². The Morgan fingerprint density at radius 1 is 1.18 bits per heavy atom. The van der Waals surface area contributed by atoms with E-state index in [0.717, 1.165) is 16.2 Å². The summed E-state index contributed by atoms with van der Waals surface area (Å²) in [5, 5.41) is 15.8. The molecule has 1 aromatic carbocycles. The Balaban J connectivity index is 0.000000229. The van der Waals surface area contributed by atoms with E-state index >= 15 is 0 Å². The highest BCUT2D eigenvalue weighted by molar-refractivity contribution is 7.15. The number of hydrogen-bond donors (Lipinski definition) is 2. The maximum absolute atomic E-state index is 12.4. The number of aromatic nitrogens is 1. The Kier molecular flexibility index (Phi) is 9.41. The molecule has 0 spiro atoms. The Hall–Kier alpha value is -2.94. The normalized spacial score (nSPS) is 14.6. The predicted octanol–water partition coefficient (Wildman–Crippen LogP) is 6.38. The molecule has 1 aromatic heterocycles. The molecule has 1 amide bonds. The first kappa shape index (κ1) is 28.1. The van der Waals surface area contributed by atoms with Crippen LogP contribution >= 0.6 is 22.9 Å². The van der Waals surface area contributed by atoms with Crippen LogP contribution in [0.15, 0.2) is 42.5 Å². The first-order valence-corrected chi connectivity index (χ1v) is 14.1. The maximum atomic E-state index is 12.4. The summed E-state index contributed by atoms with van der Waals surface area (Å²) in [5.74, 6) is -0.246. The van der Waals surface area contributed by atoms with Crippen molar-refractivity contribution in [2.24, 2.45) is 0 Å². The molecule has 2 N–H and O–H groups in total. The zero-order chi connectivity index (χ0) is 27.2. The lowest BCUT2D eigenvalue weighted by Gasteiger charge is -2.17. The van der Waals surface area contributed by atoms with E-state index in [9.17, 15) is 9.59 Å². The van der Waals surface area contributed by atoms with E-state index in [1.807, 2.05) is 25.1 Å². The Bertz CT molecular complexity index is 1380. The van der Waals surface area contributed by atoms with Gasteiger partial charge in [0.1, 0.15) is 16.5 Å². The SMILES string of the molecule is Cc1sc(-c2ccccc2Cl)nc1C(=O)NCCC(OC(C)C)C(=O)O.c1cc2c(OC3CCCC3)cc1=2. The van der Waals surface area contributed by atoms with E-state index in [0.29, 0.717) is 21.8 Å². The van der Waals surface area contributed by atoms with Crippen LogP contribution in [0.1, 0.15) is 61.3 Å². The van der Waals surface area contributed by atoms with Crippen molar-refractivity contribution in [3.05, 3.63) is 68.5 Å². The van der Waals surface area contributed by atoms with Gasteiger partial charge in [0.05, 0.1) is 17.2 Å². The molecule has 202 valence electrons. The average molecular weight is 557 g/mol. The van der Waals surface area contributed by atoms with Gasteiger partial charge in [-0.2, -0.15) is 0 Å². The molecule has 0 radical (unpaired) electrons. The summed E-state index contributed by atoms with van der Waals surface area (Å²) in [5.41, 5.74) is 1.10. The molecule has 1 heterocycles. The minimum absolute atomic E-state index is 0.180. The van der Waals surface area contributed by atoms with Crippen molar-refractivity contribution in [1.82, 2.24) is 10.3 Å². The van der Waals surface area contributed by atoms with Gasteiger partial charge < -0.3 is 19.9 Å². The third-order valence-electron chi connectivity index (χ3n) is 6.41. The van der Waals surface area contributed by atoms with Gasteiger partial charge in [-0.1, -0.05) is 41.9 Å². The number of carboxylic acids is 1. The summed E-state index contributed by atoms with van der Waals surface area (Å²) in [6, 6.07) is 13.7. The number of halogens is 1. The highest BCUT2D eigenvalue weighted by Gasteiger charge is 2.22. The fourth-order valence-electron chi connectivity index (χ4n) is 4.37. The van der Waals surface area contributed by atoms with E-state index in [1.54, 1.807) is 19.9 Å². The Morgan fingerprint density at radius 2 is 1.92 bits per heavy atom. The number of hydrogen-bond acceptors (Lipinski definition) is 6. The van der Waals surface area contributed by atoms with Crippen LogP contribution in [-0.2, 0) is 9.53 Å². The van der Waals surface area contributed by atoms with Crippen molar-refractivity contribution in [2.75, 3.05) is 6.54 Å². The summed E-state index contributed by atoms with van der Waals surface area (Å²) in [7, 11) is 0. The molecule has 0 bridgehead atoms. The van der Waals surface area contributed by atoms with E-state index in [4.69, 9.17) is 26.2 Å². The van der Waals surface area contributed by atoms with E-state index < -0.39 is 12.1 Å². The molecular weight excluding hydrogens is 524 g/mol. The number of thiazole rings is 1. The number of carbonyl (C=O) groups is 2. The van der Waals surface area contributed by atoms with E-state index in [-0.39, 0.29) is 25.0 Å². The Morgan fingerprint density at radius 3 is 2.50 bits per heavy atom. The lowest BCUT2D eigenvalue weighted by Crippen LogP contribution is -2.33. The highest BCUT2D eigenvalue weighted by atomic mass is 35.5. The average Bonchev–Trinajstić information content (AvgIpc) is 3.51. The largest absolute Gasteiger partial charge is 0.490 e. The standard InChI is InChI=1S/C18H21ClN2O4S.C11H12O/c1-10(2)25-14(18(23)24)8-9-20-16(22)15-11(3)26-17(21-15)12-6-4-5-7-13(12)19;1-2-4-9(3-1)12-11-7-8-5-6-10(8)11/h4-7,10,14H,8-9H2,1-3H3,(H,20,22)(H,23,24);5-7,9H,1-4H2. The highest BCUT2D eigenvalue weighted by Crippen LogP contribution is 2.32. The number of nitrogens with one attached hydrogen (secondary N) is 1. The number of carboxylic acid groups (broad SMARTS) is 1. The van der Waals surface area contributed by atoms with Crippen LogP contribution in [0.2, 0.25) is 5.02 Å². The van der Waals surface area contributed by atoms with Crippen LogP contribution in [0.3, 0.4) is 0 Å². The zero-order valence-corrected chi connectivity index (χ0v) is 23.4. The van der Waals surface area contributed by atoms with Crippen LogP contribution in [0.25, 0.3) is 10.6 Å². The van der Waals surface area contributed by atoms with Crippen LogP contribution < -0.4 is 10.1 Å². The first-order valence-electron chi connectivity index (χ1n) is 12.9. The molecule has 9 heteroatoms. The minimum Gasteiger partial charge on any atom is -0.490 e. The van der Waals surface area contributed by atoms with Crippen LogP contribution in [-0.4, -0.2) is 46.8 Å². The fraction of sp³-hybridized carbons (Fsp3) is 0.414. The van der Waals surface area contributed by atoms with Crippen molar-refractivity contribution in [1.29, 1.82) is 0 Å². The lowest BCUT2D eigenvalue weighted by molar-refractivity contribution is -0.153. The van der Waals surface area contributed by atoms with Gasteiger partial charge in [-0.3, -0.25) is 4.79 Å². The molecule has 2 aromatic rings. The van der Waals surface area contributed by atoms with Crippen LogP contribution in [0.4, 0.5) is 0 Å². The van der Waals surface area contributed by atoms with Crippen molar-refractivity contribution in [3.8, 4) is 16.3 Å². The molecule has 1 atom stereocenters. The fourth-order valence-corrected chi connectivity index (χ4v) is 5.60. The zero-order valence-electron chi connectivity index (χ0n) is 21.8. The summed E-state index contributed by atoms with van der Waals surface area (Å²) < 4.78 is 11.2. The quantitative estimate of drug-likeness (QED) is 0.235. The molecule has 3 aliphatic carbocycles. The Labute approximate surface area is 231 Å². The van der Waals surface area contributed by atoms with Gasteiger partial charge in [-0.25, -0.2) is 9.78 Å². The van der Waals surface area contributed by atoms with Gasteiger partial charge in [0.15, 0.2) is 6.10 Å². The molecular formula is C29H33ClN2O5S. The summed E-state index contributed by atoms with van der Waals surface area (Å²) in [6.07, 6.45) is 4.74. The predicted molar refractivity (Wildman–Crippen MR) is 149 cm³/mol. The number of benzene rings is 2. The molecule has 3 aliphatic rings. The first-order chi connectivity index (χ1) is 18.2. The number of nitrogens with zero attached hydrogens (tertiary/aromatic N) is 1. The van der Waals surface area contributed by atoms with Gasteiger partial charge >= 0.3 is 5.97 Å². The monoisotopic (exact) mass is 556 g/mol. The summed E-state index contributed by atoms with van der Waals surface area (Å²) in [4.78, 5) is 28.7. The number of aryl methyl sites for hydroxylation is 1. The third kappa shape index (κ3) is 6.92. The third-order valence-corrected chi connectivity index (χ3v) is 7.74. The summed E-state index contributed by atoms with van der Waals surface area (Å²) in [6.45, 7) is 5.53. The molecule has 1 saturated carbocycles. The molecule has 1 unspecified atom stereocenters.